The van der Waals surface area contributed by atoms with Gasteiger partial charge in [0.05, 0.1) is 5.54 Å². The number of rotatable bonds is 2. The van der Waals surface area contributed by atoms with Gasteiger partial charge in [-0.3, -0.25) is 10.1 Å². The summed E-state index contributed by atoms with van der Waals surface area (Å²) in [6.07, 6.45) is 7.45. The number of hydrogen-bond acceptors (Lipinski definition) is 4. The number of nitrogens with two attached hydrogens (primary N) is 1. The second kappa shape index (κ2) is 6.19. The molecule has 0 radical (unpaired) electrons. The summed E-state index contributed by atoms with van der Waals surface area (Å²) < 4.78 is 4.98. The predicted molar refractivity (Wildman–Crippen MR) is 79.6 cm³/mol. The van der Waals surface area contributed by atoms with E-state index in [9.17, 15) is 9.59 Å². The molecule has 0 fully saturated rings. The van der Waals surface area contributed by atoms with Crippen molar-refractivity contribution in [3.8, 4) is 5.75 Å². The quantitative estimate of drug-likeness (QED) is 0.871. The number of nitrogens with one attached hydrogen (secondary N) is 1. The van der Waals surface area contributed by atoms with Gasteiger partial charge in [0.25, 0.3) is 5.91 Å². The maximum atomic E-state index is 12.0. The van der Waals surface area contributed by atoms with E-state index in [4.69, 9.17) is 10.5 Å². The Kier molecular flexibility index (Phi) is 4.35. The minimum Gasteiger partial charge on any atom is -0.410 e. The van der Waals surface area contributed by atoms with Crippen molar-refractivity contribution >= 4 is 12.0 Å². The summed E-state index contributed by atoms with van der Waals surface area (Å²) in [7, 11) is 0. The van der Waals surface area contributed by atoms with E-state index in [1.807, 2.05) is 0 Å². The van der Waals surface area contributed by atoms with E-state index in [1.54, 1.807) is 67.6 Å². The molecule has 2 rings (SSSR count). The first-order chi connectivity index (χ1) is 9.96. The Morgan fingerprint density at radius 2 is 1.90 bits per heavy atom. The van der Waals surface area contributed by atoms with Gasteiger partial charge in [0, 0.05) is 5.57 Å². The molecule has 3 N–H and O–H groups in total. The molecule has 0 saturated heterocycles. The van der Waals surface area contributed by atoms with Gasteiger partial charge in [0.15, 0.2) is 0 Å². The molecule has 1 aliphatic rings. The summed E-state index contributed by atoms with van der Waals surface area (Å²) >= 11 is 0. The van der Waals surface area contributed by atoms with Gasteiger partial charge in [0.2, 0.25) is 0 Å². The van der Waals surface area contributed by atoms with Crippen LogP contribution in [0.5, 0.6) is 5.75 Å². The molecule has 108 valence electrons. The van der Waals surface area contributed by atoms with E-state index in [1.165, 1.54) is 0 Å². The fourth-order valence-corrected chi connectivity index (χ4v) is 1.68. The summed E-state index contributed by atoms with van der Waals surface area (Å²) in [5, 5.41) is 2.16. The summed E-state index contributed by atoms with van der Waals surface area (Å²) in [4.78, 5) is 23.6. The van der Waals surface area contributed by atoms with Crippen LogP contribution in [-0.2, 0) is 4.79 Å². The average molecular weight is 284 g/mol. The third kappa shape index (κ3) is 4.43. The van der Waals surface area contributed by atoms with Crippen molar-refractivity contribution in [3.63, 3.8) is 0 Å². The van der Waals surface area contributed by atoms with Crippen LogP contribution < -0.4 is 15.8 Å². The topological polar surface area (TPSA) is 81.4 Å². The number of hydrogen-bond donors (Lipinski definition) is 2. The maximum Gasteiger partial charge on any atom is 0.419 e. The van der Waals surface area contributed by atoms with E-state index in [0.717, 1.165) is 0 Å². The molecule has 1 atom stereocenters. The van der Waals surface area contributed by atoms with Crippen LogP contribution in [0, 0.1) is 0 Å². The average Bonchev–Trinajstić information content (AvgIpc) is 2.60. The highest BCUT2D eigenvalue weighted by Crippen LogP contribution is 2.12. The zero-order valence-electron chi connectivity index (χ0n) is 11.6. The van der Waals surface area contributed by atoms with Crippen molar-refractivity contribution in [1.82, 2.24) is 5.32 Å². The highest BCUT2D eigenvalue weighted by atomic mass is 16.6. The summed E-state index contributed by atoms with van der Waals surface area (Å²) in [5.74, 6) is -0.183. The first kappa shape index (κ1) is 14.7. The van der Waals surface area contributed by atoms with E-state index < -0.39 is 17.5 Å². The van der Waals surface area contributed by atoms with Crippen LogP contribution in [0.3, 0.4) is 0 Å². The molecule has 1 aromatic carbocycles. The molecule has 2 amide bonds. The monoisotopic (exact) mass is 284 g/mol. The molecule has 0 spiro atoms. The van der Waals surface area contributed by atoms with Gasteiger partial charge < -0.3 is 10.5 Å². The van der Waals surface area contributed by atoms with Crippen LogP contribution in [0.15, 0.2) is 66.3 Å². The Hall–Kier alpha value is -2.66. The van der Waals surface area contributed by atoms with Gasteiger partial charge in [-0.05, 0) is 25.1 Å². The van der Waals surface area contributed by atoms with E-state index in [-0.39, 0.29) is 0 Å². The third-order valence-corrected chi connectivity index (χ3v) is 2.78. The van der Waals surface area contributed by atoms with E-state index in [0.29, 0.717) is 11.3 Å². The lowest BCUT2D eigenvalue weighted by molar-refractivity contribution is -0.116. The minimum absolute atomic E-state index is 0.324. The molecule has 0 heterocycles. The number of ether oxygens (including phenoxy) is 1. The van der Waals surface area contributed by atoms with Crippen molar-refractivity contribution in [2.24, 2.45) is 5.73 Å². The first-order valence-electron chi connectivity index (χ1n) is 6.42. The smallest absolute Gasteiger partial charge is 0.410 e. The number of benzene rings is 1. The Morgan fingerprint density at radius 1 is 1.19 bits per heavy atom. The highest BCUT2D eigenvalue weighted by Gasteiger charge is 2.16. The number of amides is 2. The molecule has 1 aliphatic carbocycles. The van der Waals surface area contributed by atoms with Crippen LogP contribution >= 0.6 is 0 Å². The second-order valence-electron chi connectivity index (χ2n) is 4.84. The fraction of sp³-hybridized carbons (Fsp3) is 0.125. The zero-order valence-corrected chi connectivity index (χ0v) is 11.6. The number of para-hydroxylation sites is 1. The lowest BCUT2D eigenvalue weighted by Crippen LogP contribution is -2.34. The number of carbonyl (C=O) groups is 2. The summed E-state index contributed by atoms with van der Waals surface area (Å²) in [6.45, 7) is 1.80. The normalized spacial score (nSPS) is 20.4. The summed E-state index contributed by atoms with van der Waals surface area (Å²) in [5.41, 5.74) is 5.62. The molecule has 0 aromatic heterocycles. The molecular formula is C16H16N2O3. The molecule has 0 aliphatic heterocycles. The van der Waals surface area contributed by atoms with Crippen LogP contribution in [0.2, 0.25) is 0 Å². The Labute approximate surface area is 122 Å². The SMILES string of the molecule is CC1(N)C=CC=C(C(=O)NC(=O)Oc2ccccc2)C=C1. The molecule has 1 aromatic rings. The molecule has 5 nitrogen and oxygen atoms in total. The number of allylic oxidation sites excluding steroid dienone is 2. The molecule has 0 bridgehead atoms. The maximum absolute atomic E-state index is 12.0. The first-order valence-corrected chi connectivity index (χ1v) is 6.42. The predicted octanol–water partition coefficient (Wildman–Crippen LogP) is 2.07. The second-order valence-corrected chi connectivity index (χ2v) is 4.84. The fourth-order valence-electron chi connectivity index (χ4n) is 1.68. The van der Waals surface area contributed by atoms with Gasteiger partial charge in [-0.25, -0.2) is 4.79 Å². The molecule has 1 unspecified atom stereocenters. The Bertz CT molecular complexity index is 628. The van der Waals surface area contributed by atoms with Gasteiger partial charge in [0.1, 0.15) is 5.75 Å². The van der Waals surface area contributed by atoms with Crippen LogP contribution in [0.4, 0.5) is 4.79 Å². The van der Waals surface area contributed by atoms with Crippen LogP contribution in [-0.4, -0.2) is 17.5 Å². The highest BCUT2D eigenvalue weighted by molar-refractivity contribution is 6.04. The van der Waals surface area contributed by atoms with Crippen molar-refractivity contribution in [2.75, 3.05) is 0 Å². The molecule has 0 saturated carbocycles. The van der Waals surface area contributed by atoms with Crippen molar-refractivity contribution in [2.45, 2.75) is 12.5 Å². The lowest BCUT2D eigenvalue weighted by atomic mass is 10.0. The number of carbonyl (C=O) groups excluding carboxylic acids is 2. The largest absolute Gasteiger partial charge is 0.419 e. The van der Waals surface area contributed by atoms with Gasteiger partial charge in [-0.2, -0.15) is 0 Å². The van der Waals surface area contributed by atoms with Crippen molar-refractivity contribution < 1.29 is 14.3 Å². The van der Waals surface area contributed by atoms with Crippen LogP contribution in [0.25, 0.3) is 0 Å². The van der Waals surface area contributed by atoms with Crippen molar-refractivity contribution in [3.05, 3.63) is 66.3 Å². The third-order valence-electron chi connectivity index (χ3n) is 2.78. The van der Waals surface area contributed by atoms with E-state index >= 15 is 0 Å². The van der Waals surface area contributed by atoms with Gasteiger partial charge in [-0.1, -0.05) is 42.5 Å². The Morgan fingerprint density at radius 3 is 2.62 bits per heavy atom. The molecular weight excluding hydrogens is 268 g/mol. The number of imide groups is 1. The van der Waals surface area contributed by atoms with Crippen LogP contribution in [0.1, 0.15) is 6.92 Å². The van der Waals surface area contributed by atoms with Gasteiger partial charge >= 0.3 is 6.09 Å². The molecule has 21 heavy (non-hydrogen) atoms. The zero-order chi connectivity index (χ0) is 15.3. The van der Waals surface area contributed by atoms with Gasteiger partial charge in [-0.15, -0.1) is 0 Å². The van der Waals surface area contributed by atoms with Crippen molar-refractivity contribution in [1.29, 1.82) is 0 Å². The van der Waals surface area contributed by atoms with E-state index in [2.05, 4.69) is 5.32 Å². The molecule has 5 heteroatoms. The Balaban J connectivity index is 1.97. The standard InChI is InChI=1S/C16H16N2O3/c1-16(17)10-5-6-12(9-11-16)14(19)18-15(20)21-13-7-3-2-4-8-13/h2-11H,17H2,1H3,(H,18,19,20). The minimum atomic E-state index is -0.829. The lowest BCUT2D eigenvalue weighted by Gasteiger charge is -2.12. The summed E-state index contributed by atoms with van der Waals surface area (Å²) in [6, 6.07) is 8.50.